The predicted octanol–water partition coefficient (Wildman–Crippen LogP) is 2.91. The number of halogens is 1. The summed E-state index contributed by atoms with van der Waals surface area (Å²) in [4.78, 5) is 12.3. The van der Waals surface area contributed by atoms with E-state index in [0.717, 1.165) is 17.0 Å². The van der Waals surface area contributed by atoms with E-state index in [1.54, 1.807) is 17.7 Å². The molecule has 1 heterocycles. The van der Waals surface area contributed by atoms with Crippen molar-refractivity contribution in [1.82, 2.24) is 9.78 Å². The molecule has 0 radical (unpaired) electrons. The molecule has 1 aromatic heterocycles. The van der Waals surface area contributed by atoms with Gasteiger partial charge in [-0.2, -0.15) is 5.10 Å². The highest BCUT2D eigenvalue weighted by Gasteiger charge is 2.16. The average molecular weight is 260 g/mol. The Morgan fingerprint density at radius 1 is 1.32 bits per heavy atom. The lowest BCUT2D eigenvalue weighted by atomic mass is 9.98. The fraction of sp³-hybridized carbons (Fsp3) is 0.333. The molecule has 19 heavy (non-hydrogen) atoms. The van der Waals surface area contributed by atoms with E-state index < -0.39 is 0 Å². The third kappa shape index (κ3) is 2.57. The van der Waals surface area contributed by atoms with E-state index in [0.29, 0.717) is 17.5 Å². The van der Waals surface area contributed by atoms with E-state index in [2.05, 4.69) is 5.10 Å². The lowest BCUT2D eigenvalue weighted by molar-refractivity contribution is 0.0992. The number of aryl methyl sites for hydroxylation is 3. The molecule has 0 unspecified atom stereocenters. The van der Waals surface area contributed by atoms with E-state index in [9.17, 15) is 9.18 Å². The van der Waals surface area contributed by atoms with E-state index in [1.807, 2.05) is 20.9 Å². The molecule has 0 spiro atoms. The number of ketones is 1. The lowest BCUT2D eigenvalue weighted by Gasteiger charge is -2.05. The Kier molecular flexibility index (Phi) is 3.51. The first-order valence-corrected chi connectivity index (χ1v) is 6.18. The summed E-state index contributed by atoms with van der Waals surface area (Å²) in [6.07, 6.45) is 0.304. The molecule has 4 heteroatoms. The molecule has 3 nitrogen and oxygen atoms in total. The molecule has 0 atom stereocenters. The topological polar surface area (TPSA) is 34.9 Å². The summed E-state index contributed by atoms with van der Waals surface area (Å²) in [6.45, 7) is 5.59. The van der Waals surface area contributed by atoms with Crippen LogP contribution in [0.5, 0.6) is 0 Å². The van der Waals surface area contributed by atoms with Crippen molar-refractivity contribution < 1.29 is 9.18 Å². The zero-order chi connectivity index (χ0) is 14.2. The van der Waals surface area contributed by atoms with Gasteiger partial charge in [0.25, 0.3) is 0 Å². The summed E-state index contributed by atoms with van der Waals surface area (Å²) in [6, 6.07) is 4.26. The van der Waals surface area contributed by atoms with E-state index in [1.165, 1.54) is 12.1 Å². The Morgan fingerprint density at radius 3 is 2.53 bits per heavy atom. The number of rotatable bonds is 3. The highest BCUT2D eigenvalue weighted by Crippen LogP contribution is 2.17. The molecule has 0 bridgehead atoms. The first-order valence-electron chi connectivity index (χ1n) is 6.18. The summed E-state index contributed by atoms with van der Waals surface area (Å²) in [5.74, 6) is -0.320. The maximum atomic E-state index is 13.0. The van der Waals surface area contributed by atoms with Gasteiger partial charge in [-0.15, -0.1) is 0 Å². The van der Waals surface area contributed by atoms with Crippen LogP contribution in [0.1, 0.15) is 32.9 Å². The van der Waals surface area contributed by atoms with Crippen molar-refractivity contribution in [3.63, 3.8) is 0 Å². The number of benzene rings is 1. The molecular formula is C15H17FN2O. The van der Waals surface area contributed by atoms with Crippen LogP contribution in [-0.2, 0) is 13.5 Å². The van der Waals surface area contributed by atoms with Crippen molar-refractivity contribution in [1.29, 1.82) is 0 Å². The number of hydrogen-bond acceptors (Lipinski definition) is 2. The Bertz CT molecular complexity index is 644. The molecule has 2 rings (SSSR count). The minimum absolute atomic E-state index is 0.00306. The maximum absolute atomic E-state index is 13.0. The van der Waals surface area contributed by atoms with Gasteiger partial charge in [0, 0.05) is 30.3 Å². The van der Waals surface area contributed by atoms with Gasteiger partial charge in [0.15, 0.2) is 5.78 Å². The predicted molar refractivity (Wildman–Crippen MR) is 71.9 cm³/mol. The van der Waals surface area contributed by atoms with Crippen LogP contribution in [0.3, 0.4) is 0 Å². The Morgan fingerprint density at radius 2 is 2.00 bits per heavy atom. The molecule has 0 aliphatic heterocycles. The molecule has 100 valence electrons. The third-order valence-electron chi connectivity index (χ3n) is 3.49. The second-order valence-electron chi connectivity index (χ2n) is 4.83. The highest BCUT2D eigenvalue weighted by molar-refractivity contribution is 5.99. The van der Waals surface area contributed by atoms with Crippen molar-refractivity contribution >= 4 is 5.78 Å². The van der Waals surface area contributed by atoms with Crippen molar-refractivity contribution in [2.45, 2.75) is 27.2 Å². The first kappa shape index (κ1) is 13.5. The average Bonchev–Trinajstić information content (AvgIpc) is 2.56. The monoisotopic (exact) mass is 260 g/mol. The standard InChI is InChI=1S/C15H17FN2O/c1-9-7-12(16)5-6-13(9)15(19)8-14-10(2)17-18(4)11(14)3/h5-7H,8H2,1-4H3. The summed E-state index contributed by atoms with van der Waals surface area (Å²) in [7, 11) is 1.86. The largest absolute Gasteiger partial charge is 0.294 e. The van der Waals surface area contributed by atoms with Crippen LogP contribution in [-0.4, -0.2) is 15.6 Å². The second-order valence-corrected chi connectivity index (χ2v) is 4.83. The SMILES string of the molecule is Cc1cc(F)ccc1C(=O)Cc1c(C)nn(C)c1C. The molecule has 2 aromatic rings. The van der Waals surface area contributed by atoms with Gasteiger partial charge in [-0.25, -0.2) is 4.39 Å². The molecule has 0 amide bonds. The highest BCUT2D eigenvalue weighted by atomic mass is 19.1. The molecule has 0 aliphatic carbocycles. The van der Waals surface area contributed by atoms with Crippen LogP contribution in [0.4, 0.5) is 4.39 Å². The quantitative estimate of drug-likeness (QED) is 0.795. The molecule has 0 fully saturated rings. The molecule has 0 saturated carbocycles. The van der Waals surface area contributed by atoms with Crippen molar-refractivity contribution in [2.24, 2.45) is 7.05 Å². The van der Waals surface area contributed by atoms with Crippen LogP contribution in [0.2, 0.25) is 0 Å². The minimum atomic E-state index is -0.317. The van der Waals surface area contributed by atoms with Gasteiger partial charge in [0.05, 0.1) is 5.69 Å². The molecule has 0 aliphatic rings. The molecule has 1 aromatic carbocycles. The summed E-state index contributed by atoms with van der Waals surface area (Å²) in [5.41, 5.74) is 4.06. The van der Waals surface area contributed by atoms with Crippen LogP contribution < -0.4 is 0 Å². The van der Waals surface area contributed by atoms with Crippen LogP contribution in [0.15, 0.2) is 18.2 Å². The Hall–Kier alpha value is -1.97. The van der Waals surface area contributed by atoms with Gasteiger partial charge >= 0.3 is 0 Å². The van der Waals surface area contributed by atoms with E-state index in [-0.39, 0.29) is 11.6 Å². The van der Waals surface area contributed by atoms with E-state index >= 15 is 0 Å². The zero-order valence-corrected chi connectivity index (χ0v) is 11.6. The van der Waals surface area contributed by atoms with Crippen LogP contribution >= 0.6 is 0 Å². The van der Waals surface area contributed by atoms with Crippen LogP contribution in [0, 0.1) is 26.6 Å². The van der Waals surface area contributed by atoms with Crippen molar-refractivity contribution in [3.05, 3.63) is 52.1 Å². The van der Waals surface area contributed by atoms with Crippen molar-refractivity contribution in [2.75, 3.05) is 0 Å². The van der Waals surface area contributed by atoms with E-state index in [4.69, 9.17) is 0 Å². The second kappa shape index (κ2) is 4.96. The van der Waals surface area contributed by atoms with Gasteiger partial charge in [-0.1, -0.05) is 0 Å². The van der Waals surface area contributed by atoms with Gasteiger partial charge in [-0.3, -0.25) is 9.48 Å². The van der Waals surface area contributed by atoms with Gasteiger partial charge < -0.3 is 0 Å². The fourth-order valence-electron chi connectivity index (χ4n) is 2.27. The van der Waals surface area contributed by atoms with Crippen LogP contribution in [0.25, 0.3) is 0 Å². The van der Waals surface area contributed by atoms with Crippen molar-refractivity contribution in [3.8, 4) is 0 Å². The Balaban J connectivity index is 2.31. The fourth-order valence-corrected chi connectivity index (χ4v) is 2.27. The molecular weight excluding hydrogens is 243 g/mol. The summed E-state index contributed by atoms with van der Waals surface area (Å²) >= 11 is 0. The number of aromatic nitrogens is 2. The number of Topliss-reactive ketones (excluding diaryl/α,β-unsaturated/α-hetero) is 1. The molecule has 0 saturated heterocycles. The first-order chi connectivity index (χ1) is 8.90. The number of carbonyl (C=O) groups is 1. The zero-order valence-electron chi connectivity index (χ0n) is 11.6. The lowest BCUT2D eigenvalue weighted by Crippen LogP contribution is -2.07. The smallest absolute Gasteiger partial charge is 0.167 e. The maximum Gasteiger partial charge on any atom is 0.167 e. The summed E-state index contributed by atoms with van der Waals surface area (Å²) < 4.78 is 14.8. The Labute approximate surface area is 112 Å². The van der Waals surface area contributed by atoms with Gasteiger partial charge in [-0.05, 0) is 44.5 Å². The number of carbonyl (C=O) groups excluding carboxylic acids is 1. The summed E-state index contributed by atoms with van der Waals surface area (Å²) in [5, 5.41) is 4.30. The minimum Gasteiger partial charge on any atom is -0.294 e. The van der Waals surface area contributed by atoms with Gasteiger partial charge in [0.1, 0.15) is 5.82 Å². The third-order valence-corrected chi connectivity index (χ3v) is 3.49. The molecule has 0 N–H and O–H groups in total. The normalized spacial score (nSPS) is 10.8. The van der Waals surface area contributed by atoms with Gasteiger partial charge in [0.2, 0.25) is 0 Å². The number of nitrogens with zero attached hydrogens (tertiary/aromatic N) is 2. The number of hydrogen-bond donors (Lipinski definition) is 0.